The molecule has 1 fully saturated rings. The van der Waals surface area contributed by atoms with Gasteiger partial charge in [-0.15, -0.1) is 0 Å². The zero-order valence-corrected chi connectivity index (χ0v) is 12.5. The molecule has 1 N–H and O–H groups in total. The van der Waals surface area contributed by atoms with Gasteiger partial charge in [-0.25, -0.2) is 4.98 Å². The number of ether oxygens (including phenoxy) is 1. The third-order valence-corrected chi connectivity index (χ3v) is 3.43. The fourth-order valence-corrected chi connectivity index (χ4v) is 2.38. The normalized spacial score (nSPS) is 15.8. The van der Waals surface area contributed by atoms with E-state index in [0.29, 0.717) is 25.9 Å². The topological polar surface area (TPSA) is 84.4 Å². The lowest BCUT2D eigenvalue weighted by Gasteiger charge is -2.32. The molecular weight excluding hydrogens is 296 g/mol. The monoisotopic (exact) mass is 312 g/mol. The molecule has 0 atom stereocenters. The molecule has 0 bridgehead atoms. The van der Waals surface area contributed by atoms with Crippen molar-refractivity contribution in [1.29, 1.82) is 0 Å². The Hall–Kier alpha value is -1.73. The van der Waals surface area contributed by atoms with Gasteiger partial charge in [-0.3, -0.25) is 14.6 Å². The molecule has 0 aromatic carbocycles. The van der Waals surface area contributed by atoms with E-state index in [0.717, 1.165) is 0 Å². The van der Waals surface area contributed by atoms with Crippen LogP contribution in [-0.4, -0.2) is 59.5 Å². The van der Waals surface area contributed by atoms with Crippen molar-refractivity contribution < 1.29 is 14.3 Å². The highest BCUT2D eigenvalue weighted by Gasteiger charge is 2.25. The molecule has 7 nitrogen and oxygen atoms in total. The summed E-state index contributed by atoms with van der Waals surface area (Å²) in [6, 6.07) is 0.0714. The third kappa shape index (κ3) is 4.37. The maximum atomic E-state index is 12.2. The van der Waals surface area contributed by atoms with Crippen LogP contribution in [-0.2, 0) is 9.53 Å². The molecule has 1 aromatic heterocycles. The van der Waals surface area contributed by atoms with Crippen LogP contribution in [0.4, 0.5) is 0 Å². The number of hydrogen-bond acceptors (Lipinski definition) is 5. The van der Waals surface area contributed by atoms with Crippen LogP contribution in [0.15, 0.2) is 12.4 Å². The Morgan fingerprint density at radius 2 is 2.14 bits per heavy atom. The average molecular weight is 313 g/mol. The number of nitrogens with one attached hydrogen (secondary N) is 1. The molecule has 114 valence electrons. The highest BCUT2D eigenvalue weighted by molar-refractivity contribution is 6.29. The first-order valence-corrected chi connectivity index (χ1v) is 7.03. The highest BCUT2D eigenvalue weighted by atomic mass is 35.5. The predicted octanol–water partition coefficient (Wildman–Crippen LogP) is 0.497. The fraction of sp³-hybridized carbons (Fsp3) is 0.538. The molecule has 2 rings (SSSR count). The number of hydrogen-bond donors (Lipinski definition) is 1. The SMILES string of the molecule is COCC(=O)NC1CCN(C(=O)c2cncc(Cl)n2)CC1. The lowest BCUT2D eigenvalue weighted by atomic mass is 10.0. The van der Waals surface area contributed by atoms with Gasteiger partial charge in [0.15, 0.2) is 0 Å². The summed E-state index contributed by atoms with van der Waals surface area (Å²) in [6.07, 6.45) is 4.20. The van der Waals surface area contributed by atoms with Gasteiger partial charge in [-0.1, -0.05) is 11.6 Å². The van der Waals surface area contributed by atoms with E-state index in [4.69, 9.17) is 16.3 Å². The predicted molar refractivity (Wildman–Crippen MR) is 76.0 cm³/mol. The summed E-state index contributed by atoms with van der Waals surface area (Å²) in [5.74, 6) is -0.324. The fourth-order valence-electron chi connectivity index (χ4n) is 2.23. The van der Waals surface area contributed by atoms with Gasteiger partial charge < -0.3 is 15.0 Å². The van der Waals surface area contributed by atoms with Crippen LogP contribution in [0, 0.1) is 0 Å². The zero-order valence-electron chi connectivity index (χ0n) is 11.7. The van der Waals surface area contributed by atoms with E-state index in [1.165, 1.54) is 19.5 Å². The van der Waals surface area contributed by atoms with Crippen LogP contribution in [0.3, 0.4) is 0 Å². The number of methoxy groups -OCH3 is 1. The van der Waals surface area contributed by atoms with Crippen molar-refractivity contribution in [3.05, 3.63) is 23.2 Å². The number of carbonyl (C=O) groups excluding carboxylic acids is 2. The second-order valence-electron chi connectivity index (χ2n) is 4.79. The van der Waals surface area contributed by atoms with Crippen LogP contribution in [0.25, 0.3) is 0 Å². The Kier molecular flexibility index (Phi) is 5.46. The molecule has 8 heteroatoms. The number of likely N-dealkylation sites (tertiary alicyclic amines) is 1. The van der Waals surface area contributed by atoms with E-state index in [2.05, 4.69) is 15.3 Å². The zero-order chi connectivity index (χ0) is 15.2. The standard InChI is InChI=1S/C13H17ClN4O3/c1-21-8-12(19)16-9-2-4-18(5-3-9)13(20)10-6-15-7-11(14)17-10/h6-7,9H,2-5,8H2,1H3,(H,16,19). The van der Waals surface area contributed by atoms with Crippen LogP contribution >= 0.6 is 11.6 Å². The molecule has 0 aliphatic carbocycles. The van der Waals surface area contributed by atoms with Crippen molar-refractivity contribution in [1.82, 2.24) is 20.2 Å². The first-order chi connectivity index (χ1) is 10.1. The third-order valence-electron chi connectivity index (χ3n) is 3.25. The molecule has 1 aliphatic rings. The summed E-state index contributed by atoms with van der Waals surface area (Å²) in [5.41, 5.74) is 0.240. The van der Waals surface area contributed by atoms with Crippen molar-refractivity contribution in [2.45, 2.75) is 18.9 Å². The Labute approximate surface area is 127 Å². The Morgan fingerprint density at radius 3 is 2.76 bits per heavy atom. The van der Waals surface area contributed by atoms with Crippen molar-refractivity contribution in [2.75, 3.05) is 26.8 Å². The summed E-state index contributed by atoms with van der Waals surface area (Å²) < 4.78 is 4.77. The molecule has 0 saturated carbocycles. The number of nitrogens with zero attached hydrogens (tertiary/aromatic N) is 3. The largest absolute Gasteiger partial charge is 0.375 e. The number of aromatic nitrogens is 2. The number of halogens is 1. The minimum absolute atomic E-state index is 0.0528. The summed E-state index contributed by atoms with van der Waals surface area (Å²) in [5, 5.41) is 3.07. The number of rotatable bonds is 4. The first-order valence-electron chi connectivity index (χ1n) is 6.65. The lowest BCUT2D eigenvalue weighted by Crippen LogP contribution is -2.47. The summed E-state index contributed by atoms with van der Waals surface area (Å²) in [4.78, 5) is 33.2. The lowest BCUT2D eigenvalue weighted by molar-refractivity contribution is -0.125. The van der Waals surface area contributed by atoms with E-state index in [1.807, 2.05) is 0 Å². The molecule has 1 aliphatic heterocycles. The molecule has 0 unspecified atom stereocenters. The Balaban J connectivity index is 1.86. The van der Waals surface area contributed by atoms with E-state index in [1.54, 1.807) is 4.90 Å². The van der Waals surface area contributed by atoms with Crippen molar-refractivity contribution in [3.8, 4) is 0 Å². The molecule has 2 heterocycles. The van der Waals surface area contributed by atoms with Gasteiger partial charge in [0.05, 0.1) is 12.4 Å². The molecule has 21 heavy (non-hydrogen) atoms. The van der Waals surface area contributed by atoms with Gasteiger partial charge in [0.1, 0.15) is 17.5 Å². The minimum atomic E-state index is -0.188. The summed E-state index contributed by atoms with van der Waals surface area (Å²) in [7, 11) is 1.48. The van der Waals surface area contributed by atoms with Gasteiger partial charge in [-0.05, 0) is 12.8 Å². The number of piperidine rings is 1. The minimum Gasteiger partial charge on any atom is -0.375 e. The van der Waals surface area contributed by atoms with Crippen molar-refractivity contribution >= 4 is 23.4 Å². The van der Waals surface area contributed by atoms with E-state index < -0.39 is 0 Å². The highest BCUT2D eigenvalue weighted by Crippen LogP contribution is 2.13. The van der Waals surface area contributed by atoms with E-state index in [-0.39, 0.29) is 35.3 Å². The number of carbonyl (C=O) groups is 2. The molecule has 1 saturated heterocycles. The van der Waals surface area contributed by atoms with Crippen LogP contribution < -0.4 is 5.32 Å². The molecule has 2 amide bonds. The van der Waals surface area contributed by atoms with Crippen molar-refractivity contribution in [3.63, 3.8) is 0 Å². The van der Waals surface area contributed by atoms with Crippen molar-refractivity contribution in [2.24, 2.45) is 0 Å². The quantitative estimate of drug-likeness (QED) is 0.875. The maximum Gasteiger partial charge on any atom is 0.274 e. The molecule has 0 radical (unpaired) electrons. The second kappa shape index (κ2) is 7.33. The second-order valence-corrected chi connectivity index (χ2v) is 5.18. The molecule has 0 spiro atoms. The van der Waals surface area contributed by atoms with Crippen LogP contribution in [0.2, 0.25) is 5.15 Å². The first kappa shape index (κ1) is 15.7. The van der Waals surface area contributed by atoms with Gasteiger partial charge >= 0.3 is 0 Å². The van der Waals surface area contributed by atoms with Gasteiger partial charge in [0.25, 0.3) is 5.91 Å². The maximum absolute atomic E-state index is 12.2. The summed E-state index contributed by atoms with van der Waals surface area (Å²) in [6.45, 7) is 1.17. The molecular formula is C13H17ClN4O3. The Morgan fingerprint density at radius 1 is 1.43 bits per heavy atom. The summed E-state index contributed by atoms with van der Waals surface area (Å²) >= 11 is 5.73. The van der Waals surface area contributed by atoms with E-state index in [9.17, 15) is 9.59 Å². The number of amides is 2. The van der Waals surface area contributed by atoms with Gasteiger partial charge in [0.2, 0.25) is 5.91 Å². The smallest absolute Gasteiger partial charge is 0.274 e. The van der Waals surface area contributed by atoms with Crippen LogP contribution in [0.5, 0.6) is 0 Å². The van der Waals surface area contributed by atoms with E-state index >= 15 is 0 Å². The van der Waals surface area contributed by atoms with Gasteiger partial charge in [-0.2, -0.15) is 0 Å². The molecule has 1 aromatic rings. The van der Waals surface area contributed by atoms with Gasteiger partial charge in [0, 0.05) is 26.2 Å². The average Bonchev–Trinajstić information content (AvgIpc) is 2.47. The Bertz CT molecular complexity index is 518. The van der Waals surface area contributed by atoms with Crippen LogP contribution in [0.1, 0.15) is 23.3 Å².